The van der Waals surface area contributed by atoms with Gasteiger partial charge in [0.2, 0.25) is 0 Å². The normalized spacial score (nSPS) is 11.1. The van der Waals surface area contributed by atoms with Gasteiger partial charge in [-0.3, -0.25) is 4.79 Å². The molecule has 0 atom stereocenters. The zero-order valence-corrected chi connectivity index (χ0v) is 12.7. The van der Waals surface area contributed by atoms with E-state index in [-0.39, 0.29) is 11.4 Å². The number of rotatable bonds is 3. The molecule has 17 heavy (non-hydrogen) atoms. The number of carbonyl (C=O) groups excluding carboxylic acids is 1. The summed E-state index contributed by atoms with van der Waals surface area (Å²) in [6.45, 7) is 10.4. The number of nitrogens with zero attached hydrogens (tertiary/aromatic N) is 1. The summed E-state index contributed by atoms with van der Waals surface area (Å²) in [7, 11) is 0. The van der Waals surface area contributed by atoms with Crippen LogP contribution >= 0.6 is 22.6 Å². The molecule has 0 saturated heterocycles. The second kappa shape index (κ2) is 5.67. The Kier molecular flexibility index (Phi) is 4.74. The second-order valence-electron chi connectivity index (χ2n) is 4.88. The van der Waals surface area contributed by atoms with E-state index in [0.29, 0.717) is 6.54 Å². The predicted octanol–water partition coefficient (Wildman–Crippen LogP) is 3.72. The van der Waals surface area contributed by atoms with Gasteiger partial charge in [-0.2, -0.15) is 0 Å². The average Bonchev–Trinajstić information content (AvgIpc) is 2.24. The van der Waals surface area contributed by atoms with Crippen LogP contribution in [0.5, 0.6) is 0 Å². The van der Waals surface area contributed by atoms with Crippen molar-refractivity contribution in [3.8, 4) is 0 Å². The molecule has 0 unspecified atom stereocenters. The first-order valence-electron chi connectivity index (χ1n) is 5.54. The van der Waals surface area contributed by atoms with E-state index in [0.717, 1.165) is 9.13 Å². The summed E-state index contributed by atoms with van der Waals surface area (Å²) < 4.78 is 1.13. The molecule has 0 spiro atoms. The van der Waals surface area contributed by atoms with Gasteiger partial charge in [0.25, 0.3) is 5.91 Å². The molecular weight excluding hydrogens is 325 g/mol. The maximum atomic E-state index is 12.4. The molecule has 0 aliphatic carbocycles. The lowest BCUT2D eigenvalue weighted by Gasteiger charge is -2.35. The van der Waals surface area contributed by atoms with Gasteiger partial charge in [-0.1, -0.05) is 6.08 Å². The second-order valence-corrected chi connectivity index (χ2v) is 6.13. The Morgan fingerprint density at radius 1 is 1.35 bits per heavy atom. The van der Waals surface area contributed by atoms with Crippen molar-refractivity contribution < 1.29 is 4.79 Å². The van der Waals surface area contributed by atoms with E-state index >= 15 is 0 Å². The minimum atomic E-state index is -0.200. The van der Waals surface area contributed by atoms with Gasteiger partial charge in [-0.05, 0) is 67.6 Å². The summed E-state index contributed by atoms with van der Waals surface area (Å²) >= 11 is 2.23. The highest BCUT2D eigenvalue weighted by atomic mass is 127. The average molecular weight is 343 g/mol. The molecule has 0 bridgehead atoms. The molecule has 1 rings (SSSR count). The van der Waals surface area contributed by atoms with Gasteiger partial charge in [-0.25, -0.2) is 0 Å². The fourth-order valence-corrected chi connectivity index (χ4v) is 1.90. The molecule has 2 nitrogen and oxygen atoms in total. The third kappa shape index (κ3) is 3.84. The molecule has 0 aliphatic rings. The first-order valence-corrected chi connectivity index (χ1v) is 6.62. The van der Waals surface area contributed by atoms with Crippen molar-refractivity contribution in [1.82, 2.24) is 4.90 Å². The molecule has 0 fully saturated rings. The Bertz CT molecular complexity index is 403. The molecular formula is C14H18INO. The van der Waals surface area contributed by atoms with Crippen molar-refractivity contribution in [2.75, 3.05) is 6.54 Å². The minimum absolute atomic E-state index is 0.0498. The quantitative estimate of drug-likeness (QED) is 0.605. The van der Waals surface area contributed by atoms with Crippen LogP contribution in [0, 0.1) is 3.57 Å². The van der Waals surface area contributed by atoms with E-state index in [1.54, 1.807) is 6.08 Å². The number of hydrogen-bond donors (Lipinski definition) is 0. The van der Waals surface area contributed by atoms with Crippen LogP contribution in [-0.2, 0) is 0 Å². The molecule has 0 radical (unpaired) electrons. The van der Waals surface area contributed by atoms with E-state index < -0.39 is 0 Å². The number of benzene rings is 1. The lowest BCUT2D eigenvalue weighted by atomic mass is 10.0. The van der Waals surface area contributed by atoms with Crippen LogP contribution in [0.3, 0.4) is 0 Å². The summed E-state index contributed by atoms with van der Waals surface area (Å²) in [6, 6.07) is 7.63. The van der Waals surface area contributed by atoms with Gasteiger partial charge in [0.15, 0.2) is 0 Å². The van der Waals surface area contributed by atoms with Gasteiger partial charge < -0.3 is 4.90 Å². The Morgan fingerprint density at radius 3 is 2.29 bits per heavy atom. The fraction of sp³-hybridized carbons (Fsp3) is 0.357. The van der Waals surface area contributed by atoms with Gasteiger partial charge in [0.1, 0.15) is 0 Å². The molecule has 1 aromatic rings. The van der Waals surface area contributed by atoms with Gasteiger partial charge >= 0.3 is 0 Å². The smallest absolute Gasteiger partial charge is 0.254 e. The van der Waals surface area contributed by atoms with Crippen molar-refractivity contribution in [1.29, 1.82) is 0 Å². The molecule has 3 heteroatoms. The predicted molar refractivity (Wildman–Crippen MR) is 80.1 cm³/mol. The van der Waals surface area contributed by atoms with Crippen molar-refractivity contribution in [2.45, 2.75) is 26.3 Å². The first-order chi connectivity index (χ1) is 7.86. The molecule has 1 amide bonds. The lowest BCUT2D eigenvalue weighted by Crippen LogP contribution is -2.45. The number of carbonyl (C=O) groups is 1. The topological polar surface area (TPSA) is 20.3 Å². The Labute approximate surface area is 117 Å². The molecule has 1 aromatic carbocycles. The molecule has 0 saturated carbocycles. The standard InChI is InChI=1S/C14H18INO/c1-5-10-16(14(2,3)4)13(17)11-6-8-12(15)9-7-11/h5-9H,1,10H2,2-4H3. The third-order valence-corrected chi connectivity index (χ3v) is 3.18. The number of halogens is 1. The summed E-state index contributed by atoms with van der Waals surface area (Å²) in [5, 5.41) is 0. The molecule has 0 N–H and O–H groups in total. The molecule has 0 heterocycles. The summed E-state index contributed by atoms with van der Waals surface area (Å²) in [6.07, 6.45) is 1.76. The van der Waals surface area contributed by atoms with Crippen LogP contribution in [0.25, 0.3) is 0 Å². The van der Waals surface area contributed by atoms with Gasteiger partial charge in [-0.15, -0.1) is 6.58 Å². The van der Waals surface area contributed by atoms with Crippen molar-refractivity contribution in [3.63, 3.8) is 0 Å². The highest BCUT2D eigenvalue weighted by Gasteiger charge is 2.25. The van der Waals surface area contributed by atoms with Crippen LogP contribution in [0.2, 0.25) is 0 Å². The first kappa shape index (κ1) is 14.2. The van der Waals surface area contributed by atoms with Crippen LogP contribution in [-0.4, -0.2) is 22.9 Å². The Balaban J connectivity index is 3.00. The maximum absolute atomic E-state index is 12.4. The molecule has 92 valence electrons. The lowest BCUT2D eigenvalue weighted by molar-refractivity contribution is 0.0616. The van der Waals surface area contributed by atoms with Crippen LogP contribution in [0.1, 0.15) is 31.1 Å². The third-order valence-electron chi connectivity index (χ3n) is 2.46. The van der Waals surface area contributed by atoms with E-state index in [1.807, 2.05) is 49.9 Å². The Morgan fingerprint density at radius 2 is 1.88 bits per heavy atom. The molecule has 0 aliphatic heterocycles. The highest BCUT2D eigenvalue weighted by Crippen LogP contribution is 2.18. The molecule has 0 aromatic heterocycles. The minimum Gasteiger partial charge on any atom is -0.330 e. The zero-order valence-electron chi connectivity index (χ0n) is 10.5. The van der Waals surface area contributed by atoms with Crippen LogP contribution < -0.4 is 0 Å². The van der Waals surface area contributed by atoms with E-state index in [4.69, 9.17) is 0 Å². The number of hydrogen-bond acceptors (Lipinski definition) is 1. The fourth-order valence-electron chi connectivity index (χ4n) is 1.54. The van der Waals surface area contributed by atoms with Gasteiger partial charge in [0, 0.05) is 21.2 Å². The largest absolute Gasteiger partial charge is 0.330 e. The monoisotopic (exact) mass is 343 g/mol. The van der Waals surface area contributed by atoms with Crippen molar-refractivity contribution in [2.24, 2.45) is 0 Å². The Hall–Kier alpha value is -0.840. The highest BCUT2D eigenvalue weighted by molar-refractivity contribution is 14.1. The SMILES string of the molecule is C=CCN(C(=O)c1ccc(I)cc1)C(C)(C)C. The van der Waals surface area contributed by atoms with Crippen LogP contribution in [0.15, 0.2) is 36.9 Å². The summed E-state index contributed by atoms with van der Waals surface area (Å²) in [5.74, 6) is 0.0498. The zero-order chi connectivity index (χ0) is 13.1. The van der Waals surface area contributed by atoms with E-state index in [9.17, 15) is 4.79 Å². The van der Waals surface area contributed by atoms with E-state index in [1.165, 1.54) is 0 Å². The van der Waals surface area contributed by atoms with Crippen molar-refractivity contribution >= 4 is 28.5 Å². The maximum Gasteiger partial charge on any atom is 0.254 e. The van der Waals surface area contributed by atoms with Gasteiger partial charge in [0.05, 0.1) is 0 Å². The van der Waals surface area contributed by atoms with Crippen LogP contribution in [0.4, 0.5) is 0 Å². The summed E-state index contributed by atoms with van der Waals surface area (Å²) in [5.41, 5.74) is 0.524. The number of amides is 1. The van der Waals surface area contributed by atoms with E-state index in [2.05, 4.69) is 29.2 Å². The van der Waals surface area contributed by atoms with Crippen molar-refractivity contribution in [3.05, 3.63) is 46.1 Å². The summed E-state index contributed by atoms with van der Waals surface area (Å²) in [4.78, 5) is 14.2.